The summed E-state index contributed by atoms with van der Waals surface area (Å²) in [6.07, 6.45) is -3.24. The molecule has 1 aromatic carbocycles. The molecule has 0 amide bonds. The van der Waals surface area contributed by atoms with E-state index in [9.17, 15) is 13.2 Å². The van der Waals surface area contributed by atoms with E-state index in [0.717, 1.165) is 25.6 Å². The molecular weight excluding hydrogens is 253 g/mol. The third-order valence-electron chi connectivity index (χ3n) is 2.84. The number of hydrogen-bond acceptors (Lipinski definition) is 2. The molecule has 2 nitrogen and oxygen atoms in total. The van der Waals surface area contributed by atoms with Gasteiger partial charge >= 0.3 is 6.18 Å². The number of rotatable bonds is 7. The van der Waals surface area contributed by atoms with Crippen molar-refractivity contribution >= 4 is 0 Å². The zero-order chi connectivity index (χ0) is 14.3. The first-order valence-corrected chi connectivity index (χ1v) is 6.54. The van der Waals surface area contributed by atoms with Crippen LogP contribution in [0.15, 0.2) is 24.3 Å². The van der Waals surface area contributed by atoms with Crippen LogP contribution in [0.5, 0.6) is 0 Å². The van der Waals surface area contributed by atoms with E-state index in [1.807, 2.05) is 6.92 Å². The number of halogens is 3. The molecule has 108 valence electrons. The van der Waals surface area contributed by atoms with Crippen LogP contribution in [0.25, 0.3) is 0 Å². The van der Waals surface area contributed by atoms with Gasteiger partial charge in [-0.2, -0.15) is 13.2 Å². The van der Waals surface area contributed by atoms with Crippen molar-refractivity contribution in [3.8, 4) is 0 Å². The smallest absolute Gasteiger partial charge is 0.315 e. The van der Waals surface area contributed by atoms with Crippen LogP contribution in [0.3, 0.4) is 0 Å². The van der Waals surface area contributed by atoms with E-state index < -0.39 is 11.7 Å². The number of alkyl halides is 3. The zero-order valence-corrected chi connectivity index (χ0v) is 11.3. The van der Waals surface area contributed by atoms with E-state index in [2.05, 4.69) is 17.6 Å². The topological polar surface area (TPSA) is 24.1 Å². The summed E-state index contributed by atoms with van der Waals surface area (Å²) in [5, 5.41) is 6.34. The molecule has 0 fully saturated rings. The van der Waals surface area contributed by atoms with Crippen LogP contribution in [0.4, 0.5) is 13.2 Å². The largest absolute Gasteiger partial charge is 0.416 e. The van der Waals surface area contributed by atoms with Crippen LogP contribution in [-0.4, -0.2) is 19.1 Å². The summed E-state index contributed by atoms with van der Waals surface area (Å²) in [7, 11) is 0. The molecule has 1 unspecified atom stereocenters. The Morgan fingerprint density at radius 1 is 1.21 bits per heavy atom. The Morgan fingerprint density at radius 3 is 2.53 bits per heavy atom. The van der Waals surface area contributed by atoms with Gasteiger partial charge in [0.25, 0.3) is 0 Å². The van der Waals surface area contributed by atoms with Crippen molar-refractivity contribution in [2.75, 3.05) is 13.1 Å². The average molecular weight is 274 g/mol. The molecule has 0 heterocycles. The summed E-state index contributed by atoms with van der Waals surface area (Å²) in [6, 6.07) is 5.82. The van der Waals surface area contributed by atoms with Crippen LogP contribution in [0, 0.1) is 0 Å². The Bertz CT molecular complexity index is 377. The lowest BCUT2D eigenvalue weighted by atomic mass is 10.1. The SMILES string of the molecule is CCCNCC(C)NCc1ccccc1C(F)(F)F. The molecule has 0 spiro atoms. The van der Waals surface area contributed by atoms with E-state index >= 15 is 0 Å². The zero-order valence-electron chi connectivity index (χ0n) is 11.3. The monoisotopic (exact) mass is 274 g/mol. The van der Waals surface area contributed by atoms with E-state index in [4.69, 9.17) is 0 Å². The Kier molecular flexibility index (Phi) is 6.31. The van der Waals surface area contributed by atoms with Gasteiger partial charge in [0.1, 0.15) is 0 Å². The highest BCUT2D eigenvalue weighted by molar-refractivity contribution is 5.29. The highest BCUT2D eigenvalue weighted by atomic mass is 19.4. The van der Waals surface area contributed by atoms with Crippen molar-refractivity contribution in [1.82, 2.24) is 10.6 Å². The summed E-state index contributed by atoms with van der Waals surface area (Å²) in [4.78, 5) is 0. The number of nitrogens with one attached hydrogen (secondary N) is 2. The number of benzene rings is 1. The molecule has 0 aliphatic rings. The van der Waals surface area contributed by atoms with E-state index in [0.29, 0.717) is 0 Å². The molecule has 0 saturated carbocycles. The Morgan fingerprint density at radius 2 is 1.89 bits per heavy atom. The molecule has 5 heteroatoms. The lowest BCUT2D eigenvalue weighted by Crippen LogP contribution is -2.36. The molecule has 0 aliphatic carbocycles. The fraction of sp³-hybridized carbons (Fsp3) is 0.571. The molecular formula is C14H21F3N2. The van der Waals surface area contributed by atoms with Gasteiger partial charge in [0.15, 0.2) is 0 Å². The predicted molar refractivity (Wildman–Crippen MR) is 70.9 cm³/mol. The summed E-state index contributed by atoms with van der Waals surface area (Å²) < 4.78 is 38.3. The summed E-state index contributed by atoms with van der Waals surface area (Å²) >= 11 is 0. The van der Waals surface area contributed by atoms with Crippen LogP contribution >= 0.6 is 0 Å². The number of hydrogen-bond donors (Lipinski definition) is 2. The molecule has 19 heavy (non-hydrogen) atoms. The average Bonchev–Trinajstić information content (AvgIpc) is 2.36. The van der Waals surface area contributed by atoms with Crippen LogP contribution in [-0.2, 0) is 12.7 Å². The van der Waals surface area contributed by atoms with Gasteiger partial charge in [0.05, 0.1) is 5.56 Å². The highest BCUT2D eigenvalue weighted by Gasteiger charge is 2.32. The summed E-state index contributed by atoms with van der Waals surface area (Å²) in [5.74, 6) is 0. The molecule has 1 rings (SSSR count). The maximum atomic E-state index is 12.8. The van der Waals surface area contributed by atoms with Gasteiger partial charge in [-0.25, -0.2) is 0 Å². The first-order valence-electron chi connectivity index (χ1n) is 6.54. The van der Waals surface area contributed by atoms with Crippen molar-refractivity contribution < 1.29 is 13.2 Å². The van der Waals surface area contributed by atoms with Gasteiger partial charge in [0, 0.05) is 19.1 Å². The summed E-state index contributed by atoms with van der Waals surface area (Å²) in [6.45, 7) is 5.93. The molecule has 0 aliphatic heterocycles. The minimum atomic E-state index is -4.29. The maximum absolute atomic E-state index is 12.8. The van der Waals surface area contributed by atoms with Crippen molar-refractivity contribution in [3.63, 3.8) is 0 Å². The second-order valence-electron chi connectivity index (χ2n) is 4.64. The Labute approximate surface area is 112 Å². The first-order chi connectivity index (χ1) is 8.95. The minimum Gasteiger partial charge on any atom is -0.315 e. The lowest BCUT2D eigenvalue weighted by Gasteiger charge is -2.17. The highest BCUT2D eigenvalue weighted by Crippen LogP contribution is 2.31. The van der Waals surface area contributed by atoms with Gasteiger partial charge in [-0.15, -0.1) is 0 Å². The third-order valence-corrected chi connectivity index (χ3v) is 2.84. The molecule has 0 saturated heterocycles. The quantitative estimate of drug-likeness (QED) is 0.746. The van der Waals surface area contributed by atoms with Crippen molar-refractivity contribution in [2.24, 2.45) is 0 Å². The van der Waals surface area contributed by atoms with E-state index in [1.54, 1.807) is 6.07 Å². The molecule has 0 aromatic heterocycles. The second kappa shape index (κ2) is 7.50. The standard InChI is InChI=1S/C14H21F3N2/c1-3-8-18-9-11(2)19-10-12-6-4-5-7-13(12)14(15,16)17/h4-7,11,18-19H,3,8-10H2,1-2H3. The molecule has 0 radical (unpaired) electrons. The van der Waals surface area contributed by atoms with Crippen LogP contribution in [0.1, 0.15) is 31.4 Å². The predicted octanol–water partition coefficient (Wildman–Crippen LogP) is 3.18. The molecule has 0 bridgehead atoms. The van der Waals surface area contributed by atoms with Gasteiger partial charge in [-0.3, -0.25) is 0 Å². The molecule has 1 aromatic rings. The normalized spacial score (nSPS) is 13.5. The van der Waals surface area contributed by atoms with Gasteiger partial charge in [-0.1, -0.05) is 25.1 Å². The molecule has 1 atom stereocenters. The Balaban J connectivity index is 2.53. The van der Waals surface area contributed by atoms with E-state index in [1.165, 1.54) is 12.1 Å². The van der Waals surface area contributed by atoms with Gasteiger partial charge in [-0.05, 0) is 31.5 Å². The second-order valence-corrected chi connectivity index (χ2v) is 4.64. The van der Waals surface area contributed by atoms with E-state index in [-0.39, 0.29) is 18.2 Å². The lowest BCUT2D eigenvalue weighted by molar-refractivity contribution is -0.138. The van der Waals surface area contributed by atoms with Crippen molar-refractivity contribution in [1.29, 1.82) is 0 Å². The molecule has 2 N–H and O–H groups in total. The van der Waals surface area contributed by atoms with Gasteiger partial charge < -0.3 is 10.6 Å². The minimum absolute atomic E-state index is 0.132. The van der Waals surface area contributed by atoms with Crippen molar-refractivity contribution in [2.45, 2.75) is 39.0 Å². The maximum Gasteiger partial charge on any atom is 0.416 e. The van der Waals surface area contributed by atoms with Gasteiger partial charge in [0.2, 0.25) is 0 Å². The fourth-order valence-corrected chi connectivity index (χ4v) is 1.80. The third kappa shape index (κ3) is 5.61. The first kappa shape index (κ1) is 16.0. The van der Waals surface area contributed by atoms with Crippen LogP contribution < -0.4 is 10.6 Å². The van der Waals surface area contributed by atoms with Crippen LogP contribution in [0.2, 0.25) is 0 Å². The van der Waals surface area contributed by atoms with Crippen molar-refractivity contribution in [3.05, 3.63) is 35.4 Å². The fourth-order valence-electron chi connectivity index (χ4n) is 1.80. The summed E-state index contributed by atoms with van der Waals surface area (Å²) in [5.41, 5.74) is -0.270. The Hall–Kier alpha value is -1.07.